The van der Waals surface area contributed by atoms with Gasteiger partial charge >= 0.3 is 0 Å². The lowest BCUT2D eigenvalue weighted by atomic mass is 10.2. The van der Waals surface area contributed by atoms with E-state index >= 15 is 0 Å². The Morgan fingerprint density at radius 2 is 1.87 bits per heavy atom. The summed E-state index contributed by atoms with van der Waals surface area (Å²) in [4.78, 5) is 0. The summed E-state index contributed by atoms with van der Waals surface area (Å²) in [6, 6.07) is 14.4. The highest BCUT2D eigenvalue weighted by molar-refractivity contribution is 7.88. The topological polar surface area (TPSA) is 81.4 Å². The third-order valence-electron chi connectivity index (χ3n) is 3.43. The number of methoxy groups -OCH3 is 1. The normalized spacial score (nSPS) is 11.7. The van der Waals surface area contributed by atoms with Gasteiger partial charge in [-0.05, 0) is 29.8 Å². The van der Waals surface area contributed by atoms with Crippen molar-refractivity contribution in [2.45, 2.75) is 12.3 Å². The van der Waals surface area contributed by atoms with E-state index in [4.69, 9.17) is 9.26 Å². The van der Waals surface area contributed by atoms with Crippen molar-refractivity contribution in [2.75, 3.05) is 7.11 Å². The largest absolute Gasteiger partial charge is 0.497 e. The molecule has 0 saturated carbocycles. The van der Waals surface area contributed by atoms with E-state index in [2.05, 4.69) is 9.88 Å². The molecule has 2 aromatic carbocycles. The number of aromatic nitrogens is 1. The molecule has 0 unspecified atom stereocenters. The summed E-state index contributed by atoms with van der Waals surface area (Å²) in [7, 11) is -1.93. The summed E-state index contributed by atoms with van der Waals surface area (Å²) < 4.78 is 37.2. The number of para-hydroxylation sites is 1. The molecule has 6 nitrogen and oxygen atoms in total. The van der Waals surface area contributed by atoms with E-state index in [-0.39, 0.29) is 12.3 Å². The first-order valence-corrected chi connectivity index (χ1v) is 8.66. The maximum atomic E-state index is 12.2. The number of ether oxygens (including phenoxy) is 1. The van der Waals surface area contributed by atoms with Gasteiger partial charge in [0.15, 0.2) is 5.58 Å². The fourth-order valence-corrected chi connectivity index (χ4v) is 3.27. The standard InChI is InChI=1S/C16H16N2O4S/c1-21-13-8-6-12(7-9-13)10-17-23(19,20)11-15-14-4-2-3-5-16(14)22-18-15/h2-9,17H,10-11H2,1H3. The van der Waals surface area contributed by atoms with Crippen LogP contribution in [0.4, 0.5) is 0 Å². The number of rotatable bonds is 6. The number of sulfonamides is 1. The van der Waals surface area contributed by atoms with Crippen LogP contribution >= 0.6 is 0 Å². The number of nitrogens with one attached hydrogen (secondary N) is 1. The van der Waals surface area contributed by atoms with Gasteiger partial charge in [-0.3, -0.25) is 0 Å². The summed E-state index contributed by atoms with van der Waals surface area (Å²) in [6.07, 6.45) is 0. The molecule has 1 aromatic heterocycles. The molecule has 7 heteroatoms. The van der Waals surface area contributed by atoms with Gasteiger partial charge in [-0.15, -0.1) is 0 Å². The van der Waals surface area contributed by atoms with Crippen molar-refractivity contribution >= 4 is 21.0 Å². The Hall–Kier alpha value is -2.38. The van der Waals surface area contributed by atoms with Crippen molar-refractivity contribution in [2.24, 2.45) is 0 Å². The molecular formula is C16H16N2O4S. The molecule has 0 aliphatic rings. The molecule has 23 heavy (non-hydrogen) atoms. The summed E-state index contributed by atoms with van der Waals surface area (Å²) in [6.45, 7) is 0.210. The molecule has 0 spiro atoms. The molecule has 0 atom stereocenters. The molecule has 0 aliphatic carbocycles. The average Bonchev–Trinajstić information content (AvgIpc) is 2.96. The predicted molar refractivity (Wildman–Crippen MR) is 86.5 cm³/mol. The first-order chi connectivity index (χ1) is 11.1. The van der Waals surface area contributed by atoms with E-state index in [1.165, 1.54) is 0 Å². The van der Waals surface area contributed by atoms with E-state index in [0.717, 1.165) is 11.3 Å². The maximum Gasteiger partial charge on any atom is 0.217 e. The van der Waals surface area contributed by atoms with Gasteiger partial charge in [0.2, 0.25) is 10.0 Å². The first kappa shape index (κ1) is 15.5. The van der Waals surface area contributed by atoms with Crippen molar-refractivity contribution in [3.63, 3.8) is 0 Å². The Balaban J connectivity index is 1.69. The first-order valence-electron chi connectivity index (χ1n) is 7.01. The van der Waals surface area contributed by atoms with Gasteiger partial charge in [-0.1, -0.05) is 29.4 Å². The molecule has 1 N–H and O–H groups in total. The van der Waals surface area contributed by atoms with Crippen LogP contribution in [0.5, 0.6) is 5.75 Å². The van der Waals surface area contributed by atoms with Gasteiger partial charge in [0, 0.05) is 11.9 Å². The van der Waals surface area contributed by atoms with Gasteiger partial charge < -0.3 is 9.26 Å². The Kier molecular flexibility index (Phi) is 4.31. The average molecular weight is 332 g/mol. The number of benzene rings is 2. The second kappa shape index (κ2) is 6.39. The van der Waals surface area contributed by atoms with Crippen LogP contribution < -0.4 is 9.46 Å². The number of nitrogens with zero attached hydrogens (tertiary/aromatic N) is 1. The monoisotopic (exact) mass is 332 g/mol. The Bertz CT molecular complexity index is 901. The Labute approximate surface area is 134 Å². The molecule has 0 fully saturated rings. The zero-order valence-electron chi connectivity index (χ0n) is 12.5. The van der Waals surface area contributed by atoms with E-state index in [1.807, 2.05) is 24.3 Å². The highest BCUT2D eigenvalue weighted by Crippen LogP contribution is 2.19. The van der Waals surface area contributed by atoms with Crippen molar-refractivity contribution in [1.29, 1.82) is 0 Å². The van der Waals surface area contributed by atoms with Crippen LogP contribution in [0.15, 0.2) is 53.1 Å². The van der Waals surface area contributed by atoms with Crippen LogP contribution in [0.25, 0.3) is 11.0 Å². The lowest BCUT2D eigenvalue weighted by Gasteiger charge is -2.06. The molecular weight excluding hydrogens is 316 g/mol. The molecule has 3 aromatic rings. The van der Waals surface area contributed by atoms with Crippen molar-refractivity contribution in [3.8, 4) is 5.75 Å². The highest BCUT2D eigenvalue weighted by Gasteiger charge is 2.17. The summed E-state index contributed by atoms with van der Waals surface area (Å²) in [5.74, 6) is 0.505. The molecule has 0 radical (unpaired) electrons. The lowest BCUT2D eigenvalue weighted by molar-refractivity contribution is 0.414. The van der Waals surface area contributed by atoms with Crippen LogP contribution in [-0.4, -0.2) is 20.7 Å². The highest BCUT2D eigenvalue weighted by atomic mass is 32.2. The molecule has 0 amide bonds. The fraction of sp³-hybridized carbons (Fsp3) is 0.188. The number of hydrogen-bond acceptors (Lipinski definition) is 5. The van der Waals surface area contributed by atoms with E-state index in [9.17, 15) is 8.42 Å². The molecule has 120 valence electrons. The molecule has 0 saturated heterocycles. The van der Waals surface area contributed by atoms with Crippen LogP contribution in [0, 0.1) is 0 Å². The van der Waals surface area contributed by atoms with E-state index in [0.29, 0.717) is 16.7 Å². The minimum atomic E-state index is -3.51. The molecule has 0 bridgehead atoms. The summed E-state index contributed by atoms with van der Waals surface area (Å²) in [5, 5.41) is 4.56. The third-order valence-corrected chi connectivity index (χ3v) is 4.67. The molecule has 1 heterocycles. The van der Waals surface area contributed by atoms with Gasteiger partial charge in [-0.2, -0.15) is 0 Å². The maximum absolute atomic E-state index is 12.2. The van der Waals surface area contributed by atoms with Crippen molar-refractivity contribution in [3.05, 3.63) is 59.8 Å². The second-order valence-corrected chi connectivity index (χ2v) is 6.86. The smallest absolute Gasteiger partial charge is 0.217 e. The summed E-state index contributed by atoms with van der Waals surface area (Å²) in [5.41, 5.74) is 1.83. The van der Waals surface area contributed by atoms with Crippen molar-refractivity contribution < 1.29 is 17.7 Å². The number of fused-ring (bicyclic) bond motifs is 1. The Morgan fingerprint density at radius 1 is 1.13 bits per heavy atom. The van der Waals surface area contributed by atoms with Crippen LogP contribution in [0.3, 0.4) is 0 Å². The van der Waals surface area contributed by atoms with Crippen LogP contribution in [0.2, 0.25) is 0 Å². The van der Waals surface area contributed by atoms with Gasteiger partial charge in [0.25, 0.3) is 0 Å². The van der Waals surface area contributed by atoms with Crippen LogP contribution in [-0.2, 0) is 22.3 Å². The zero-order valence-corrected chi connectivity index (χ0v) is 13.3. The second-order valence-electron chi connectivity index (χ2n) is 5.05. The van der Waals surface area contributed by atoms with E-state index < -0.39 is 10.0 Å². The zero-order chi connectivity index (χ0) is 16.3. The van der Waals surface area contributed by atoms with Gasteiger partial charge in [0.1, 0.15) is 17.2 Å². The third kappa shape index (κ3) is 3.69. The predicted octanol–water partition coefficient (Wildman–Crippen LogP) is 2.46. The minimum absolute atomic E-state index is 0.210. The quantitative estimate of drug-likeness (QED) is 0.750. The summed E-state index contributed by atoms with van der Waals surface area (Å²) >= 11 is 0. The lowest BCUT2D eigenvalue weighted by Crippen LogP contribution is -2.24. The number of hydrogen-bond donors (Lipinski definition) is 1. The minimum Gasteiger partial charge on any atom is -0.497 e. The molecule has 3 rings (SSSR count). The van der Waals surface area contributed by atoms with Gasteiger partial charge in [0.05, 0.1) is 7.11 Å². The van der Waals surface area contributed by atoms with Gasteiger partial charge in [-0.25, -0.2) is 13.1 Å². The SMILES string of the molecule is COc1ccc(CNS(=O)(=O)Cc2noc3ccccc23)cc1. The van der Waals surface area contributed by atoms with Crippen LogP contribution in [0.1, 0.15) is 11.3 Å². The van der Waals surface area contributed by atoms with Crippen molar-refractivity contribution in [1.82, 2.24) is 9.88 Å². The fourth-order valence-electron chi connectivity index (χ4n) is 2.21. The van der Waals surface area contributed by atoms with E-state index in [1.54, 1.807) is 31.4 Å². The Morgan fingerprint density at radius 3 is 2.61 bits per heavy atom. The molecule has 0 aliphatic heterocycles.